The van der Waals surface area contributed by atoms with E-state index in [0.717, 1.165) is 11.3 Å². The fourth-order valence-electron chi connectivity index (χ4n) is 8.87. The molecular formula is C26H48O8Si4. The number of carbonyl (C=O) groups excluding carboxylic acids is 2. The molecule has 2 N–H and O–H groups in total. The summed E-state index contributed by atoms with van der Waals surface area (Å²) in [4.78, 5) is 53.8. The van der Waals surface area contributed by atoms with Crippen molar-refractivity contribution >= 4 is 56.7 Å². The van der Waals surface area contributed by atoms with Gasteiger partial charge < -0.3 is 19.1 Å². The topological polar surface area (TPSA) is 127 Å². The number of hydrogen-bond acceptors (Lipinski definition) is 6. The molecule has 0 spiro atoms. The highest BCUT2D eigenvalue weighted by Crippen LogP contribution is 2.74. The lowest BCUT2D eigenvalue weighted by atomic mass is 9.35. The molecule has 0 radical (unpaired) electrons. The molecule has 12 heteroatoms. The summed E-state index contributed by atoms with van der Waals surface area (Å²) in [5, 5.41) is 20.9. The maximum atomic E-state index is 14.1. The van der Waals surface area contributed by atoms with Gasteiger partial charge in [0.1, 0.15) is 0 Å². The Morgan fingerprint density at radius 3 is 1.00 bits per heavy atom. The quantitative estimate of drug-likeness (QED) is 0.304. The van der Waals surface area contributed by atoms with Gasteiger partial charge in [0.2, 0.25) is 16.6 Å². The van der Waals surface area contributed by atoms with Crippen molar-refractivity contribution in [2.45, 2.75) is 115 Å². The fraction of sp³-hybridized carbons (Fsp3) is 0.846. The zero-order chi connectivity index (χ0) is 29.4. The minimum Gasteiger partial charge on any atom is -0.519 e. The van der Waals surface area contributed by atoms with E-state index >= 15 is 0 Å². The summed E-state index contributed by atoms with van der Waals surface area (Å²) in [7, 11) is -8.05. The van der Waals surface area contributed by atoms with E-state index in [1.54, 1.807) is 0 Å². The van der Waals surface area contributed by atoms with Crippen LogP contribution in [0.1, 0.15) is 38.5 Å². The third-order valence-electron chi connectivity index (χ3n) is 8.48. The van der Waals surface area contributed by atoms with Crippen molar-refractivity contribution in [2.24, 2.45) is 21.7 Å². The molecule has 0 atom stereocenters. The molecule has 0 saturated heterocycles. The molecule has 0 aromatic rings. The minimum atomic E-state index is -2.46. The molecule has 216 valence electrons. The van der Waals surface area contributed by atoms with Gasteiger partial charge in [-0.3, -0.25) is 19.2 Å². The molecule has 0 aliphatic heterocycles. The average molecular weight is 601 g/mol. The smallest absolute Gasteiger partial charge is 0.309 e. The van der Waals surface area contributed by atoms with Gasteiger partial charge in [-0.1, -0.05) is 39.3 Å². The normalized spacial score (nSPS) is 33.1. The summed E-state index contributed by atoms with van der Waals surface area (Å²) >= 11 is 0. The summed E-state index contributed by atoms with van der Waals surface area (Å²) < 4.78 is 12.5. The van der Waals surface area contributed by atoms with Crippen molar-refractivity contribution in [3.8, 4) is 0 Å². The lowest BCUT2D eigenvalue weighted by Gasteiger charge is -2.66. The summed E-state index contributed by atoms with van der Waals surface area (Å²) in [5.74, 6) is -3.26. The largest absolute Gasteiger partial charge is 0.519 e. The van der Waals surface area contributed by atoms with E-state index in [4.69, 9.17) is 8.85 Å². The van der Waals surface area contributed by atoms with Gasteiger partial charge in [0, 0.05) is 16.1 Å². The van der Waals surface area contributed by atoms with Crippen LogP contribution in [0.25, 0.3) is 0 Å². The Balaban J connectivity index is 2.09. The predicted octanol–water partition coefficient (Wildman–Crippen LogP) is 5.73. The number of aliphatic carboxylic acids is 2. The van der Waals surface area contributed by atoms with Gasteiger partial charge in [-0.25, -0.2) is 0 Å². The lowest BCUT2D eigenvalue weighted by Crippen LogP contribution is -2.69. The maximum Gasteiger partial charge on any atom is 0.309 e. The van der Waals surface area contributed by atoms with Crippen LogP contribution in [0.2, 0.25) is 76.8 Å². The monoisotopic (exact) mass is 600 g/mol. The van der Waals surface area contributed by atoms with Crippen molar-refractivity contribution in [1.82, 2.24) is 0 Å². The van der Waals surface area contributed by atoms with E-state index in [2.05, 4.69) is 39.3 Å². The molecule has 0 aromatic carbocycles. The van der Waals surface area contributed by atoms with Crippen LogP contribution in [0.3, 0.4) is 0 Å². The van der Waals surface area contributed by atoms with Crippen molar-refractivity contribution in [3.05, 3.63) is 0 Å². The zero-order valence-corrected chi connectivity index (χ0v) is 29.0. The number of hydrogen-bond donors (Lipinski definition) is 2. The third-order valence-corrected chi connectivity index (χ3v) is 25.3. The number of carboxylic acid groups (broad SMARTS) is 2. The van der Waals surface area contributed by atoms with Gasteiger partial charge in [-0.05, 0) is 76.0 Å². The first kappa shape index (κ1) is 31.3. The molecule has 4 aliphatic rings. The van der Waals surface area contributed by atoms with Gasteiger partial charge in [0.25, 0.3) is 11.9 Å². The lowest BCUT2D eigenvalue weighted by molar-refractivity contribution is -0.228. The SMILES string of the molecule is C[Si](C)(C)C[Si](C)(C)OC(=O)C12CC3(C(=O)O)CC(C(=O)O)(C1)CC(C(=O)O[Si](C)(C)C[Si](C)(C)C)(C3)C2. The Bertz CT molecular complexity index is 945. The number of rotatable bonds is 10. The second-order valence-electron chi connectivity index (χ2n) is 16.6. The maximum absolute atomic E-state index is 14.1. The number of carboxylic acids is 2. The molecule has 0 unspecified atom stereocenters. The van der Waals surface area contributed by atoms with Crippen LogP contribution >= 0.6 is 0 Å². The zero-order valence-electron chi connectivity index (χ0n) is 25.0. The third kappa shape index (κ3) is 6.07. The summed E-state index contributed by atoms with van der Waals surface area (Å²) in [5.41, 5.74) is -3.89. The van der Waals surface area contributed by atoms with Crippen molar-refractivity contribution < 1.29 is 38.2 Å². The molecular weight excluding hydrogens is 553 g/mol. The highest BCUT2D eigenvalue weighted by atomic mass is 28.4. The van der Waals surface area contributed by atoms with E-state index in [-0.39, 0.29) is 38.5 Å². The van der Waals surface area contributed by atoms with Crippen LogP contribution in [0.4, 0.5) is 0 Å². The van der Waals surface area contributed by atoms with Crippen molar-refractivity contribution in [1.29, 1.82) is 0 Å². The summed E-state index contributed by atoms with van der Waals surface area (Å²) in [6, 6.07) is 0. The van der Waals surface area contributed by atoms with E-state index in [0.29, 0.717) is 0 Å². The molecule has 4 saturated carbocycles. The van der Waals surface area contributed by atoms with Gasteiger partial charge in [-0.2, -0.15) is 0 Å². The fourth-order valence-corrected chi connectivity index (χ4v) is 31.3. The summed E-state index contributed by atoms with van der Waals surface area (Å²) in [6.07, 6.45) is 0.115. The summed E-state index contributed by atoms with van der Waals surface area (Å²) in [6.45, 7) is 21.3. The van der Waals surface area contributed by atoms with Gasteiger partial charge in [0.05, 0.1) is 21.7 Å². The first-order valence-electron chi connectivity index (χ1n) is 13.7. The Morgan fingerprint density at radius 2 is 0.763 bits per heavy atom. The molecule has 0 amide bonds. The second kappa shape index (κ2) is 9.13. The van der Waals surface area contributed by atoms with E-state index in [1.165, 1.54) is 0 Å². The molecule has 4 rings (SSSR count). The Labute approximate surface area is 231 Å². The van der Waals surface area contributed by atoms with E-state index < -0.39 is 78.3 Å². The van der Waals surface area contributed by atoms with E-state index in [1.807, 2.05) is 26.2 Å². The highest BCUT2D eigenvalue weighted by molar-refractivity contribution is 6.93. The predicted molar refractivity (Wildman–Crippen MR) is 156 cm³/mol. The first-order valence-corrected chi connectivity index (χ1v) is 27.4. The Morgan fingerprint density at radius 1 is 0.526 bits per heavy atom. The van der Waals surface area contributed by atoms with E-state index in [9.17, 15) is 29.4 Å². The van der Waals surface area contributed by atoms with Crippen LogP contribution in [0.5, 0.6) is 0 Å². The van der Waals surface area contributed by atoms with Gasteiger partial charge in [-0.15, -0.1) is 0 Å². The molecule has 4 fully saturated rings. The van der Waals surface area contributed by atoms with Crippen LogP contribution in [-0.2, 0) is 28.0 Å². The highest BCUT2D eigenvalue weighted by Gasteiger charge is 2.77. The first-order chi connectivity index (χ1) is 16.8. The molecule has 0 heterocycles. The Kier molecular flexibility index (Phi) is 7.52. The molecule has 38 heavy (non-hydrogen) atoms. The van der Waals surface area contributed by atoms with Crippen LogP contribution in [0.15, 0.2) is 0 Å². The van der Waals surface area contributed by atoms with Crippen molar-refractivity contribution in [3.63, 3.8) is 0 Å². The van der Waals surface area contributed by atoms with Gasteiger partial charge in [0.15, 0.2) is 0 Å². The Hall–Kier alpha value is -1.25. The molecule has 8 nitrogen and oxygen atoms in total. The standard InChI is InChI=1S/C26H48O8Si4/c1-35(2,3)17-37(7,8)33-21(31)25-12-23(19(27)28)11-24(13-25,20(29)30)15-26(14-23,16-25)22(32)34-38(9,10)18-36(4,5)6/h11-18H2,1-10H3,(H,27,28)(H,29,30). The van der Waals surface area contributed by atoms with Crippen LogP contribution in [0, 0.1) is 21.7 Å². The molecule has 4 aliphatic carbocycles. The van der Waals surface area contributed by atoms with Crippen molar-refractivity contribution in [2.75, 3.05) is 0 Å². The number of carbonyl (C=O) groups is 4. The second-order valence-corrected chi connectivity index (χ2v) is 37.1. The van der Waals surface area contributed by atoms with Crippen LogP contribution < -0.4 is 0 Å². The van der Waals surface area contributed by atoms with Crippen LogP contribution in [-0.4, -0.2) is 66.9 Å². The molecule has 4 bridgehead atoms. The minimum absolute atomic E-state index is 0.0192. The average Bonchev–Trinajstić information content (AvgIpc) is 2.61. The van der Waals surface area contributed by atoms with Gasteiger partial charge >= 0.3 is 11.9 Å². The molecule has 0 aromatic heterocycles.